The van der Waals surface area contributed by atoms with Crippen LogP contribution in [0.15, 0.2) is 30.3 Å². The van der Waals surface area contributed by atoms with Gasteiger partial charge in [0.15, 0.2) is 5.79 Å². The zero-order valence-electron chi connectivity index (χ0n) is 12.2. The molecule has 2 aliphatic heterocycles. The van der Waals surface area contributed by atoms with E-state index >= 15 is 0 Å². The second-order valence-electron chi connectivity index (χ2n) is 5.72. The molecule has 0 aliphatic carbocycles. The molecule has 5 unspecified atom stereocenters. The quantitative estimate of drug-likeness (QED) is 0.848. The molecule has 4 heteroatoms. The first-order valence-corrected chi connectivity index (χ1v) is 7.16. The van der Waals surface area contributed by atoms with Crippen molar-refractivity contribution in [2.24, 2.45) is 0 Å². The number of ether oxygens (including phenoxy) is 4. The summed E-state index contributed by atoms with van der Waals surface area (Å²) < 4.78 is 23.5. The van der Waals surface area contributed by atoms with Crippen molar-refractivity contribution < 1.29 is 18.9 Å². The average molecular weight is 278 g/mol. The van der Waals surface area contributed by atoms with Gasteiger partial charge in [0.1, 0.15) is 12.2 Å². The SMILES string of the molecule is COC1CC(OCc2ccccc2)C2OC1(C)OC2C. The highest BCUT2D eigenvalue weighted by Gasteiger charge is 2.56. The second kappa shape index (κ2) is 5.45. The van der Waals surface area contributed by atoms with Crippen molar-refractivity contribution >= 4 is 0 Å². The minimum Gasteiger partial charge on any atom is -0.376 e. The van der Waals surface area contributed by atoms with E-state index in [4.69, 9.17) is 18.9 Å². The minimum absolute atomic E-state index is 0.00531. The van der Waals surface area contributed by atoms with Gasteiger partial charge in [-0.05, 0) is 19.4 Å². The van der Waals surface area contributed by atoms with E-state index in [0.717, 1.165) is 6.42 Å². The van der Waals surface area contributed by atoms with E-state index in [1.54, 1.807) is 7.11 Å². The summed E-state index contributed by atoms with van der Waals surface area (Å²) in [6, 6.07) is 10.2. The van der Waals surface area contributed by atoms with Gasteiger partial charge in [0.2, 0.25) is 0 Å². The van der Waals surface area contributed by atoms with E-state index in [-0.39, 0.29) is 24.4 Å². The van der Waals surface area contributed by atoms with Crippen LogP contribution in [0.2, 0.25) is 0 Å². The molecule has 2 heterocycles. The number of hydrogen-bond donors (Lipinski definition) is 0. The molecule has 0 N–H and O–H groups in total. The monoisotopic (exact) mass is 278 g/mol. The summed E-state index contributed by atoms with van der Waals surface area (Å²) in [7, 11) is 1.69. The Hall–Kier alpha value is -0.940. The van der Waals surface area contributed by atoms with Crippen LogP contribution in [0.1, 0.15) is 25.8 Å². The van der Waals surface area contributed by atoms with Gasteiger partial charge in [-0.15, -0.1) is 0 Å². The van der Waals surface area contributed by atoms with E-state index in [1.807, 2.05) is 32.0 Å². The summed E-state index contributed by atoms with van der Waals surface area (Å²) in [5, 5.41) is 0. The molecule has 110 valence electrons. The van der Waals surface area contributed by atoms with Crippen LogP contribution in [0.3, 0.4) is 0 Å². The van der Waals surface area contributed by atoms with Crippen LogP contribution in [0, 0.1) is 0 Å². The van der Waals surface area contributed by atoms with Crippen molar-refractivity contribution in [2.75, 3.05) is 7.11 Å². The number of rotatable bonds is 4. The molecule has 0 radical (unpaired) electrons. The first kappa shape index (κ1) is 14.0. The first-order chi connectivity index (χ1) is 9.62. The summed E-state index contributed by atoms with van der Waals surface area (Å²) in [6.45, 7) is 4.57. The molecule has 0 aromatic heterocycles. The average Bonchev–Trinajstić information content (AvgIpc) is 2.72. The summed E-state index contributed by atoms with van der Waals surface area (Å²) in [5.41, 5.74) is 1.17. The second-order valence-corrected chi connectivity index (χ2v) is 5.72. The molecular weight excluding hydrogens is 256 g/mol. The van der Waals surface area contributed by atoms with Crippen LogP contribution in [-0.4, -0.2) is 37.3 Å². The molecule has 3 rings (SSSR count). The van der Waals surface area contributed by atoms with E-state index in [1.165, 1.54) is 5.56 Å². The third kappa shape index (κ3) is 2.49. The maximum atomic E-state index is 6.06. The van der Waals surface area contributed by atoms with Crippen molar-refractivity contribution in [3.63, 3.8) is 0 Å². The highest BCUT2D eigenvalue weighted by molar-refractivity contribution is 5.13. The fraction of sp³-hybridized carbons (Fsp3) is 0.625. The lowest BCUT2D eigenvalue weighted by atomic mass is 9.97. The topological polar surface area (TPSA) is 36.9 Å². The summed E-state index contributed by atoms with van der Waals surface area (Å²) in [5.74, 6) is -0.633. The van der Waals surface area contributed by atoms with Gasteiger partial charge in [-0.1, -0.05) is 30.3 Å². The molecular formula is C16H22O4. The van der Waals surface area contributed by atoms with E-state index in [2.05, 4.69) is 12.1 Å². The van der Waals surface area contributed by atoms with Gasteiger partial charge in [-0.2, -0.15) is 0 Å². The molecule has 1 aromatic carbocycles. The molecule has 2 fully saturated rings. The molecule has 20 heavy (non-hydrogen) atoms. The number of fused-ring (bicyclic) bond motifs is 2. The predicted molar refractivity (Wildman–Crippen MR) is 74.3 cm³/mol. The fourth-order valence-corrected chi connectivity index (χ4v) is 3.17. The van der Waals surface area contributed by atoms with Gasteiger partial charge in [0, 0.05) is 13.5 Å². The first-order valence-electron chi connectivity index (χ1n) is 7.16. The molecule has 2 bridgehead atoms. The Labute approximate surface area is 120 Å². The molecule has 0 amide bonds. The Morgan fingerprint density at radius 2 is 2.00 bits per heavy atom. The van der Waals surface area contributed by atoms with E-state index in [9.17, 15) is 0 Å². The number of benzene rings is 1. The van der Waals surface area contributed by atoms with Gasteiger partial charge in [-0.25, -0.2) is 0 Å². The van der Waals surface area contributed by atoms with Crippen molar-refractivity contribution in [2.45, 2.75) is 57.1 Å². The Balaban J connectivity index is 1.67. The van der Waals surface area contributed by atoms with Gasteiger partial charge in [0.25, 0.3) is 0 Å². The Bertz CT molecular complexity index is 449. The maximum Gasteiger partial charge on any atom is 0.192 e. The standard InChI is InChI=1S/C16H22O4/c1-11-15-13(18-10-12-7-5-4-6-8-12)9-14(17-3)16(2,19-11)20-15/h4-8,11,13-15H,9-10H2,1-3H3. The lowest BCUT2D eigenvalue weighted by molar-refractivity contribution is -0.265. The normalized spacial score (nSPS) is 40.0. The molecule has 0 saturated carbocycles. The fourth-order valence-electron chi connectivity index (χ4n) is 3.17. The van der Waals surface area contributed by atoms with Crippen LogP contribution in [0.25, 0.3) is 0 Å². The third-order valence-corrected chi connectivity index (χ3v) is 4.24. The molecule has 0 spiro atoms. The third-order valence-electron chi connectivity index (χ3n) is 4.24. The van der Waals surface area contributed by atoms with Crippen molar-refractivity contribution in [3.8, 4) is 0 Å². The van der Waals surface area contributed by atoms with Crippen LogP contribution < -0.4 is 0 Å². The van der Waals surface area contributed by atoms with Crippen LogP contribution in [-0.2, 0) is 25.6 Å². The van der Waals surface area contributed by atoms with E-state index < -0.39 is 5.79 Å². The molecule has 2 saturated heterocycles. The molecule has 4 nitrogen and oxygen atoms in total. The summed E-state index contributed by atoms with van der Waals surface area (Å²) in [6.07, 6.45) is 0.723. The van der Waals surface area contributed by atoms with E-state index in [0.29, 0.717) is 6.61 Å². The Kier molecular flexibility index (Phi) is 3.82. The highest BCUT2D eigenvalue weighted by atomic mass is 16.8. The van der Waals surface area contributed by atoms with Crippen LogP contribution in [0.4, 0.5) is 0 Å². The summed E-state index contributed by atoms with van der Waals surface area (Å²) >= 11 is 0. The lowest BCUT2D eigenvalue weighted by Crippen LogP contribution is -2.51. The molecule has 5 atom stereocenters. The Morgan fingerprint density at radius 1 is 1.25 bits per heavy atom. The smallest absolute Gasteiger partial charge is 0.192 e. The van der Waals surface area contributed by atoms with Crippen LogP contribution in [0.5, 0.6) is 0 Å². The van der Waals surface area contributed by atoms with Crippen molar-refractivity contribution in [3.05, 3.63) is 35.9 Å². The Morgan fingerprint density at radius 3 is 2.70 bits per heavy atom. The molecule has 1 aromatic rings. The largest absolute Gasteiger partial charge is 0.376 e. The highest BCUT2D eigenvalue weighted by Crippen LogP contribution is 2.42. The lowest BCUT2D eigenvalue weighted by Gasteiger charge is -2.39. The van der Waals surface area contributed by atoms with Gasteiger partial charge in [0.05, 0.1) is 18.8 Å². The zero-order valence-corrected chi connectivity index (χ0v) is 12.2. The van der Waals surface area contributed by atoms with Gasteiger partial charge < -0.3 is 18.9 Å². The van der Waals surface area contributed by atoms with Crippen molar-refractivity contribution in [1.82, 2.24) is 0 Å². The van der Waals surface area contributed by atoms with Gasteiger partial charge >= 0.3 is 0 Å². The summed E-state index contributed by atoms with van der Waals surface area (Å²) in [4.78, 5) is 0. The minimum atomic E-state index is -0.633. The van der Waals surface area contributed by atoms with Crippen molar-refractivity contribution in [1.29, 1.82) is 0 Å². The maximum absolute atomic E-state index is 6.06. The predicted octanol–water partition coefficient (Wildman–Crippen LogP) is 2.51. The zero-order chi connectivity index (χ0) is 14.2. The number of hydrogen-bond acceptors (Lipinski definition) is 4. The van der Waals surface area contributed by atoms with Gasteiger partial charge in [-0.3, -0.25) is 0 Å². The molecule has 2 aliphatic rings. The van der Waals surface area contributed by atoms with Crippen LogP contribution >= 0.6 is 0 Å². The number of methoxy groups -OCH3 is 1.